The van der Waals surface area contributed by atoms with Gasteiger partial charge in [-0.2, -0.15) is 18.4 Å². The summed E-state index contributed by atoms with van der Waals surface area (Å²) in [5, 5.41) is 6.35. The van der Waals surface area contributed by atoms with Crippen LogP contribution in [0, 0.1) is 0 Å². The maximum Gasteiger partial charge on any atom is 0.276 e. The monoisotopic (exact) mass is 408 g/mol. The summed E-state index contributed by atoms with van der Waals surface area (Å²) in [7, 11) is -3.76. The van der Waals surface area contributed by atoms with Gasteiger partial charge in [-0.25, -0.2) is 0 Å². The van der Waals surface area contributed by atoms with Crippen LogP contribution in [-0.2, 0) is 10.0 Å². The normalized spacial score (nSPS) is 11.9. The van der Waals surface area contributed by atoms with Crippen LogP contribution in [0.2, 0.25) is 0 Å². The lowest BCUT2D eigenvalue weighted by Gasteiger charge is -2.04. The van der Waals surface area contributed by atoms with Gasteiger partial charge in [0, 0.05) is 4.90 Å². The van der Waals surface area contributed by atoms with Gasteiger partial charge in [0.05, 0.1) is 11.1 Å². The Morgan fingerprint density at radius 3 is 2.43 bits per heavy atom. The molecule has 7 heteroatoms. The van der Waals surface area contributed by atoms with Crippen LogP contribution in [0.15, 0.2) is 109 Å². The predicted molar refractivity (Wildman–Crippen MR) is 111 cm³/mol. The highest BCUT2D eigenvalue weighted by molar-refractivity contribution is 7.99. The van der Waals surface area contributed by atoms with Crippen molar-refractivity contribution in [3.63, 3.8) is 0 Å². The minimum Gasteiger partial charge on any atom is -0.448 e. The molecule has 140 valence electrons. The summed E-state index contributed by atoms with van der Waals surface area (Å²) in [6.45, 7) is 0. The standard InChI is InChI=1S/C21H16N2O3S2/c24-28(25,20-12-10-16-6-4-5-7-17(16)14-20)23-22-15-18-11-13-21(26-18)27-19-8-2-1-3-9-19/h1-15,23H/b22-15+. The molecule has 0 unspecified atom stereocenters. The van der Waals surface area contributed by atoms with E-state index in [1.165, 1.54) is 18.0 Å². The topological polar surface area (TPSA) is 71.7 Å². The van der Waals surface area contributed by atoms with Crippen LogP contribution in [-0.4, -0.2) is 14.6 Å². The van der Waals surface area contributed by atoms with Crippen molar-refractivity contribution < 1.29 is 12.8 Å². The lowest BCUT2D eigenvalue weighted by molar-refractivity contribution is 0.469. The quantitative estimate of drug-likeness (QED) is 0.364. The first-order chi connectivity index (χ1) is 13.6. The molecule has 0 radical (unpaired) electrons. The SMILES string of the molecule is O=S(=O)(N/N=C/c1ccc(Sc2ccccc2)o1)c1ccc2ccccc2c1. The number of hydrogen-bond acceptors (Lipinski definition) is 5. The molecule has 0 aliphatic carbocycles. The van der Waals surface area contributed by atoms with Gasteiger partial charge in [0.1, 0.15) is 5.76 Å². The number of rotatable bonds is 6. The zero-order chi connectivity index (χ0) is 19.4. The first-order valence-corrected chi connectivity index (χ1v) is 10.8. The highest BCUT2D eigenvalue weighted by Gasteiger charge is 2.13. The third-order valence-electron chi connectivity index (χ3n) is 3.96. The van der Waals surface area contributed by atoms with Crippen molar-refractivity contribution in [1.29, 1.82) is 0 Å². The molecule has 1 aromatic heterocycles. The van der Waals surface area contributed by atoms with Gasteiger partial charge in [0.15, 0.2) is 5.09 Å². The molecule has 28 heavy (non-hydrogen) atoms. The number of hydrogen-bond donors (Lipinski definition) is 1. The summed E-state index contributed by atoms with van der Waals surface area (Å²) in [5.74, 6) is 0.458. The van der Waals surface area contributed by atoms with E-state index < -0.39 is 10.0 Å². The average molecular weight is 409 g/mol. The van der Waals surface area contributed by atoms with E-state index in [1.54, 1.807) is 24.3 Å². The lowest BCUT2D eigenvalue weighted by Crippen LogP contribution is -2.18. The molecular weight excluding hydrogens is 392 g/mol. The maximum absolute atomic E-state index is 12.5. The zero-order valence-corrected chi connectivity index (χ0v) is 16.3. The summed E-state index contributed by atoms with van der Waals surface area (Å²) in [6.07, 6.45) is 1.34. The molecule has 0 amide bonds. The molecule has 0 fully saturated rings. The third kappa shape index (κ3) is 4.27. The molecule has 0 saturated carbocycles. The average Bonchev–Trinajstić information content (AvgIpc) is 3.15. The summed E-state index contributed by atoms with van der Waals surface area (Å²) in [4.78, 5) is 3.43. The fourth-order valence-corrected chi connectivity index (χ4v) is 4.24. The Bertz CT molecular complexity index is 1230. The van der Waals surface area contributed by atoms with Gasteiger partial charge in [0.25, 0.3) is 10.0 Å². The Hall–Kier alpha value is -3.03. The summed E-state index contributed by atoms with van der Waals surface area (Å²) >= 11 is 1.48. The Morgan fingerprint density at radius 1 is 0.857 bits per heavy atom. The molecule has 3 aromatic carbocycles. The van der Waals surface area contributed by atoms with Crippen molar-refractivity contribution in [2.24, 2.45) is 5.10 Å². The molecule has 1 heterocycles. The molecule has 4 rings (SSSR count). The number of furan rings is 1. The Morgan fingerprint density at radius 2 is 1.61 bits per heavy atom. The van der Waals surface area contributed by atoms with Gasteiger partial charge in [0.2, 0.25) is 0 Å². The van der Waals surface area contributed by atoms with Crippen molar-refractivity contribution in [2.75, 3.05) is 0 Å². The number of benzene rings is 3. The molecular formula is C21H16N2O3S2. The van der Waals surface area contributed by atoms with Gasteiger partial charge < -0.3 is 4.42 Å². The first kappa shape index (κ1) is 18.3. The molecule has 5 nitrogen and oxygen atoms in total. The largest absolute Gasteiger partial charge is 0.448 e. The molecule has 1 N–H and O–H groups in total. The van der Waals surface area contributed by atoms with Crippen LogP contribution >= 0.6 is 11.8 Å². The van der Waals surface area contributed by atoms with Crippen molar-refractivity contribution in [1.82, 2.24) is 4.83 Å². The molecule has 0 aliphatic rings. The van der Waals surface area contributed by atoms with Crippen LogP contribution in [0.25, 0.3) is 10.8 Å². The van der Waals surface area contributed by atoms with Crippen LogP contribution in [0.4, 0.5) is 0 Å². The molecule has 0 spiro atoms. The highest BCUT2D eigenvalue weighted by atomic mass is 32.2. The first-order valence-electron chi connectivity index (χ1n) is 8.47. The van der Waals surface area contributed by atoms with Crippen molar-refractivity contribution >= 4 is 38.8 Å². The second kappa shape index (κ2) is 7.92. The molecule has 0 aliphatic heterocycles. The van der Waals surface area contributed by atoms with Crippen LogP contribution in [0.1, 0.15) is 5.76 Å². The smallest absolute Gasteiger partial charge is 0.276 e. The Kier molecular flexibility index (Phi) is 5.18. The van der Waals surface area contributed by atoms with E-state index in [2.05, 4.69) is 9.93 Å². The van der Waals surface area contributed by atoms with E-state index >= 15 is 0 Å². The molecule has 0 saturated heterocycles. The van der Waals surface area contributed by atoms with Crippen LogP contribution in [0.3, 0.4) is 0 Å². The van der Waals surface area contributed by atoms with E-state index in [-0.39, 0.29) is 4.90 Å². The van der Waals surface area contributed by atoms with E-state index in [1.807, 2.05) is 60.7 Å². The highest BCUT2D eigenvalue weighted by Crippen LogP contribution is 2.28. The zero-order valence-electron chi connectivity index (χ0n) is 14.6. The fraction of sp³-hybridized carbons (Fsp3) is 0. The number of sulfonamides is 1. The summed E-state index contributed by atoms with van der Waals surface area (Å²) in [5.41, 5.74) is 0. The third-order valence-corrected chi connectivity index (χ3v) is 6.11. The predicted octanol–water partition coefficient (Wildman–Crippen LogP) is 4.90. The second-order valence-corrected chi connectivity index (χ2v) is 8.67. The number of fused-ring (bicyclic) bond motifs is 1. The van der Waals surface area contributed by atoms with Gasteiger partial charge in [-0.05, 0) is 47.2 Å². The Balaban J connectivity index is 1.45. The molecule has 4 aromatic rings. The molecule has 0 atom stereocenters. The van der Waals surface area contributed by atoms with Crippen molar-refractivity contribution in [2.45, 2.75) is 14.9 Å². The number of nitrogens with zero attached hydrogens (tertiary/aromatic N) is 1. The Labute approximate surface area is 167 Å². The van der Waals surface area contributed by atoms with Gasteiger partial charge in [-0.3, -0.25) is 0 Å². The van der Waals surface area contributed by atoms with Gasteiger partial charge >= 0.3 is 0 Å². The van der Waals surface area contributed by atoms with E-state index in [4.69, 9.17) is 4.42 Å². The van der Waals surface area contributed by atoms with Gasteiger partial charge in [-0.1, -0.05) is 60.3 Å². The van der Waals surface area contributed by atoms with Crippen LogP contribution in [0.5, 0.6) is 0 Å². The fourth-order valence-electron chi connectivity index (χ4n) is 2.61. The number of hydrazone groups is 1. The van der Waals surface area contributed by atoms with E-state index in [0.29, 0.717) is 10.9 Å². The van der Waals surface area contributed by atoms with E-state index in [0.717, 1.165) is 15.7 Å². The summed E-state index contributed by atoms with van der Waals surface area (Å²) in [6, 6.07) is 25.9. The summed E-state index contributed by atoms with van der Waals surface area (Å²) < 4.78 is 30.6. The van der Waals surface area contributed by atoms with Crippen LogP contribution < -0.4 is 4.83 Å². The van der Waals surface area contributed by atoms with Crippen molar-refractivity contribution in [3.05, 3.63) is 90.7 Å². The van der Waals surface area contributed by atoms with Crippen molar-refractivity contribution in [3.8, 4) is 0 Å². The maximum atomic E-state index is 12.5. The molecule has 0 bridgehead atoms. The number of nitrogens with one attached hydrogen (secondary N) is 1. The van der Waals surface area contributed by atoms with Gasteiger partial charge in [-0.15, -0.1) is 0 Å². The minimum absolute atomic E-state index is 0.156. The minimum atomic E-state index is -3.76. The second-order valence-electron chi connectivity index (χ2n) is 5.93. The lowest BCUT2D eigenvalue weighted by atomic mass is 10.1. The van der Waals surface area contributed by atoms with E-state index in [9.17, 15) is 8.42 Å².